The van der Waals surface area contributed by atoms with E-state index in [4.69, 9.17) is 15.3 Å². The molecule has 0 radical (unpaired) electrons. The van der Waals surface area contributed by atoms with E-state index in [1.807, 2.05) is 0 Å². The molecule has 0 aliphatic carbocycles. The Balaban J connectivity index is -0.000000411. The molecule has 0 aromatic heterocycles. The van der Waals surface area contributed by atoms with E-state index in [2.05, 4.69) is 56.2 Å². The van der Waals surface area contributed by atoms with Gasteiger partial charge in [0.2, 0.25) is 0 Å². The van der Waals surface area contributed by atoms with Gasteiger partial charge in [-0.15, -0.1) is 0 Å². The Hall–Kier alpha value is -0.240. The summed E-state index contributed by atoms with van der Waals surface area (Å²) in [6, 6.07) is 0. The molecule has 0 rings (SSSR count). The van der Waals surface area contributed by atoms with Crippen LogP contribution in [-0.2, 0) is 0 Å². The molecule has 3 N–H and O–H groups in total. The summed E-state index contributed by atoms with van der Waals surface area (Å²) in [5.41, 5.74) is 0. The van der Waals surface area contributed by atoms with E-state index < -0.39 is 0 Å². The van der Waals surface area contributed by atoms with E-state index in [9.17, 15) is 0 Å². The lowest BCUT2D eigenvalue weighted by molar-refractivity contribution is 0.159. The molecule has 0 aliphatic heterocycles. The van der Waals surface area contributed by atoms with Gasteiger partial charge in [-0.2, -0.15) is 0 Å². The molecule has 0 saturated heterocycles. The third-order valence-electron chi connectivity index (χ3n) is 5.35. The molecule has 0 aliphatic rings. The van der Waals surface area contributed by atoms with Crippen molar-refractivity contribution in [2.45, 2.75) is 99.3 Å². The summed E-state index contributed by atoms with van der Waals surface area (Å²) in [5, 5.41) is 26.1. The molecule has 0 aromatic rings. The second-order valence-corrected chi connectivity index (χ2v) is 8.76. The number of rotatable bonds is 21. The van der Waals surface area contributed by atoms with Crippen molar-refractivity contribution in [3.8, 4) is 0 Å². The maximum Gasteiger partial charge on any atom is 0.0558 e. The van der Waals surface area contributed by atoms with Gasteiger partial charge in [0.25, 0.3) is 0 Å². The minimum Gasteiger partial charge on any atom is -0.395 e. The van der Waals surface area contributed by atoms with Gasteiger partial charge in [0.15, 0.2) is 0 Å². The summed E-state index contributed by atoms with van der Waals surface area (Å²) in [7, 11) is 0. The fraction of sp³-hybridized carbons (Fsp3) is 1.00. The van der Waals surface area contributed by atoms with Gasteiger partial charge in [-0.1, -0.05) is 60.8 Å². The highest BCUT2D eigenvalue weighted by molar-refractivity contribution is 4.57. The number of unbranched alkanes of at least 4 members (excludes halogenated alkanes) is 3. The van der Waals surface area contributed by atoms with E-state index in [-0.39, 0.29) is 13.2 Å². The first-order chi connectivity index (χ1) is 16.0. The molecule has 33 heavy (non-hydrogen) atoms. The van der Waals surface area contributed by atoms with Crippen LogP contribution in [0.2, 0.25) is 0 Å². The summed E-state index contributed by atoms with van der Waals surface area (Å²) in [6.07, 6.45) is 11.2. The van der Waals surface area contributed by atoms with Gasteiger partial charge in [0.05, 0.1) is 19.8 Å². The normalized spacial score (nSPS) is 10.9. The van der Waals surface area contributed by atoms with Gasteiger partial charge in [0.1, 0.15) is 0 Å². The smallest absolute Gasteiger partial charge is 0.0558 e. The van der Waals surface area contributed by atoms with Gasteiger partial charge in [-0.05, 0) is 77.8 Å². The molecule has 0 amide bonds. The van der Waals surface area contributed by atoms with Crippen LogP contribution in [-0.4, -0.2) is 109 Å². The Morgan fingerprint density at radius 1 is 0.333 bits per heavy atom. The van der Waals surface area contributed by atoms with E-state index in [1.165, 1.54) is 64.6 Å². The molecular weight excluding hydrogens is 414 g/mol. The molecule has 204 valence electrons. The Labute approximate surface area is 208 Å². The van der Waals surface area contributed by atoms with Crippen LogP contribution in [0, 0.1) is 0 Å². The largest absolute Gasteiger partial charge is 0.395 e. The van der Waals surface area contributed by atoms with Crippen LogP contribution >= 0.6 is 0 Å². The summed E-state index contributed by atoms with van der Waals surface area (Å²) < 4.78 is 0. The summed E-state index contributed by atoms with van der Waals surface area (Å²) in [5.74, 6) is 0. The first kappa shape index (κ1) is 37.3. The van der Waals surface area contributed by atoms with Crippen LogP contribution in [0.3, 0.4) is 0 Å². The molecule has 0 fully saturated rings. The van der Waals surface area contributed by atoms with Gasteiger partial charge in [-0.3, -0.25) is 4.90 Å². The first-order valence-electron chi connectivity index (χ1n) is 14.0. The molecule has 6 heteroatoms. The monoisotopic (exact) mass is 477 g/mol. The SMILES string of the molecule is CCCCN(CCO)CCCC.CCCCN(CCO)CCO.CCCN(CCC)CCC. The molecule has 0 unspecified atom stereocenters. The molecule has 0 bridgehead atoms. The highest BCUT2D eigenvalue weighted by Crippen LogP contribution is 1.98. The van der Waals surface area contributed by atoms with Gasteiger partial charge >= 0.3 is 0 Å². The molecule has 0 spiro atoms. The van der Waals surface area contributed by atoms with Crippen LogP contribution in [0.25, 0.3) is 0 Å². The maximum atomic E-state index is 8.79. The minimum atomic E-state index is 0.184. The fourth-order valence-electron chi connectivity index (χ4n) is 3.52. The average Bonchev–Trinajstić information content (AvgIpc) is 2.81. The quantitative estimate of drug-likeness (QED) is 0.227. The molecule has 6 nitrogen and oxygen atoms in total. The van der Waals surface area contributed by atoms with Gasteiger partial charge in [-0.25, -0.2) is 0 Å². The maximum absolute atomic E-state index is 8.79. The second kappa shape index (κ2) is 33.9. The van der Waals surface area contributed by atoms with Crippen LogP contribution in [0.4, 0.5) is 0 Å². The highest BCUT2D eigenvalue weighted by atomic mass is 16.3. The zero-order valence-corrected chi connectivity index (χ0v) is 23.5. The van der Waals surface area contributed by atoms with E-state index >= 15 is 0 Å². The highest BCUT2D eigenvalue weighted by Gasteiger charge is 2.02. The van der Waals surface area contributed by atoms with E-state index in [1.54, 1.807) is 0 Å². The number of hydrogen-bond acceptors (Lipinski definition) is 6. The van der Waals surface area contributed by atoms with Crippen molar-refractivity contribution in [1.29, 1.82) is 0 Å². The van der Waals surface area contributed by atoms with E-state index in [0.717, 1.165) is 39.0 Å². The van der Waals surface area contributed by atoms with Crippen molar-refractivity contribution in [2.75, 3.05) is 78.7 Å². The first-order valence-corrected chi connectivity index (χ1v) is 14.0. The molecule has 0 aromatic carbocycles. The standard InChI is InChI=1S/C10H23NO.C9H21N.C8H19NO2/c1-3-5-7-11(9-10-12)8-6-4-2;1-4-7-10(8-5-2)9-6-3;1-2-3-4-9(5-7-10)6-8-11/h12H,3-10H2,1-2H3;4-9H2,1-3H3;10-11H,2-8H2,1H3. The molecule has 0 saturated carbocycles. The lowest BCUT2D eigenvalue weighted by atomic mass is 10.2. The number of nitrogens with zero attached hydrogens (tertiary/aromatic N) is 3. The van der Waals surface area contributed by atoms with Crippen LogP contribution in [0.5, 0.6) is 0 Å². The van der Waals surface area contributed by atoms with Crippen LogP contribution in [0.15, 0.2) is 0 Å². The summed E-state index contributed by atoms with van der Waals surface area (Å²) >= 11 is 0. The Kier molecular flexibility index (Phi) is 38.4. The van der Waals surface area contributed by atoms with Gasteiger partial charge < -0.3 is 25.1 Å². The topological polar surface area (TPSA) is 70.4 Å². The third kappa shape index (κ3) is 31.8. The average molecular weight is 478 g/mol. The van der Waals surface area contributed by atoms with Crippen molar-refractivity contribution in [3.05, 3.63) is 0 Å². The van der Waals surface area contributed by atoms with Crippen molar-refractivity contribution in [1.82, 2.24) is 14.7 Å². The Bertz CT molecular complexity index is 295. The van der Waals surface area contributed by atoms with Crippen molar-refractivity contribution in [3.63, 3.8) is 0 Å². The van der Waals surface area contributed by atoms with Crippen molar-refractivity contribution < 1.29 is 15.3 Å². The molecule has 0 heterocycles. The number of hydrogen-bond donors (Lipinski definition) is 3. The zero-order valence-electron chi connectivity index (χ0n) is 23.5. The fourth-order valence-corrected chi connectivity index (χ4v) is 3.52. The van der Waals surface area contributed by atoms with E-state index in [0.29, 0.717) is 19.7 Å². The van der Waals surface area contributed by atoms with Gasteiger partial charge in [0, 0.05) is 19.6 Å². The Morgan fingerprint density at radius 3 is 0.788 bits per heavy atom. The van der Waals surface area contributed by atoms with Crippen molar-refractivity contribution in [2.24, 2.45) is 0 Å². The Morgan fingerprint density at radius 2 is 0.576 bits per heavy atom. The lowest BCUT2D eigenvalue weighted by Gasteiger charge is -2.20. The number of aliphatic hydroxyl groups is 3. The zero-order chi connectivity index (χ0) is 25.6. The lowest BCUT2D eigenvalue weighted by Crippen LogP contribution is -2.30. The molecular formula is C27H63N3O3. The predicted molar refractivity (Wildman–Crippen MR) is 146 cm³/mol. The summed E-state index contributed by atoms with van der Waals surface area (Å²) in [4.78, 5) is 6.97. The van der Waals surface area contributed by atoms with Crippen molar-refractivity contribution >= 4 is 0 Å². The predicted octanol–water partition coefficient (Wildman–Crippen LogP) is 4.47. The number of aliphatic hydroxyl groups excluding tert-OH is 3. The second-order valence-electron chi connectivity index (χ2n) is 8.76. The molecule has 0 atom stereocenters. The minimum absolute atomic E-state index is 0.184. The van der Waals surface area contributed by atoms with Crippen LogP contribution in [0.1, 0.15) is 99.3 Å². The van der Waals surface area contributed by atoms with Crippen LogP contribution < -0.4 is 0 Å². The third-order valence-corrected chi connectivity index (χ3v) is 5.35. The summed E-state index contributed by atoms with van der Waals surface area (Å²) in [6.45, 7) is 23.3.